The molecule has 2 aliphatic rings. The van der Waals surface area contributed by atoms with Crippen molar-refractivity contribution in [1.82, 2.24) is 29.7 Å². The SMILES string of the molecule is CC1(C)O[C@@H]2[C@@H](O1)[C@@H](Cc1ccccc1)N(CC#Cc1cncnc1)C(=O)N(CC#Cc1cncnc1)[C@@H]2Cc1ccccc1. The van der Waals surface area contributed by atoms with Crippen LogP contribution in [0.25, 0.3) is 0 Å². The van der Waals surface area contributed by atoms with E-state index in [2.05, 4.69) is 67.9 Å². The molecule has 4 heterocycles. The third-order valence-electron chi connectivity index (χ3n) is 7.87. The first kappa shape index (κ1) is 30.0. The molecule has 4 aromatic rings. The highest BCUT2D eigenvalue weighted by Crippen LogP contribution is 2.39. The number of carbonyl (C=O) groups excluding carboxylic acids is 1. The minimum Gasteiger partial charge on any atom is -0.342 e. The number of hydrogen-bond donors (Lipinski definition) is 0. The average molecular weight is 599 g/mol. The highest BCUT2D eigenvalue weighted by molar-refractivity contribution is 5.77. The van der Waals surface area contributed by atoms with Crippen molar-refractivity contribution < 1.29 is 14.3 Å². The minimum absolute atomic E-state index is 0.173. The van der Waals surface area contributed by atoms with E-state index in [0.717, 1.165) is 11.1 Å². The van der Waals surface area contributed by atoms with Crippen LogP contribution in [0.2, 0.25) is 0 Å². The van der Waals surface area contributed by atoms with Crippen molar-refractivity contribution in [3.05, 3.63) is 120 Å². The second-order valence-corrected chi connectivity index (χ2v) is 11.5. The van der Waals surface area contributed by atoms with Gasteiger partial charge in [0.05, 0.1) is 36.3 Å². The van der Waals surface area contributed by atoms with Crippen molar-refractivity contribution >= 4 is 6.03 Å². The molecule has 0 unspecified atom stereocenters. The third-order valence-corrected chi connectivity index (χ3v) is 7.87. The first-order valence-electron chi connectivity index (χ1n) is 15.0. The largest absolute Gasteiger partial charge is 0.342 e. The second-order valence-electron chi connectivity index (χ2n) is 11.5. The molecule has 2 fully saturated rings. The molecule has 2 aliphatic heterocycles. The minimum atomic E-state index is -0.850. The number of urea groups is 1. The fraction of sp³-hybridized carbons (Fsp3) is 0.306. The lowest BCUT2D eigenvalue weighted by Gasteiger charge is -2.35. The summed E-state index contributed by atoms with van der Waals surface area (Å²) < 4.78 is 13.4. The van der Waals surface area contributed by atoms with Gasteiger partial charge in [0.1, 0.15) is 24.9 Å². The third kappa shape index (κ3) is 7.35. The maximum Gasteiger partial charge on any atom is 0.322 e. The summed E-state index contributed by atoms with van der Waals surface area (Å²) in [5.41, 5.74) is 3.53. The van der Waals surface area contributed by atoms with Gasteiger partial charge in [-0.25, -0.2) is 24.7 Å². The van der Waals surface area contributed by atoms with E-state index in [-0.39, 0.29) is 31.2 Å². The highest BCUT2D eigenvalue weighted by Gasteiger charge is 2.55. The van der Waals surface area contributed by atoms with Crippen molar-refractivity contribution in [2.75, 3.05) is 13.1 Å². The van der Waals surface area contributed by atoms with Gasteiger partial charge < -0.3 is 19.3 Å². The Morgan fingerprint density at radius 2 is 1.07 bits per heavy atom. The molecular weight excluding hydrogens is 564 g/mol. The molecule has 0 bridgehead atoms. The molecule has 2 amide bonds. The van der Waals surface area contributed by atoms with E-state index in [1.807, 2.05) is 60.0 Å². The zero-order valence-corrected chi connectivity index (χ0v) is 25.3. The Balaban J connectivity index is 1.43. The monoisotopic (exact) mass is 598 g/mol. The van der Waals surface area contributed by atoms with E-state index >= 15 is 0 Å². The number of ether oxygens (including phenoxy) is 2. The Labute approximate surface area is 263 Å². The Hall–Kier alpha value is -5.09. The number of hydrogen-bond acceptors (Lipinski definition) is 7. The lowest BCUT2D eigenvalue weighted by Crippen LogP contribution is -2.52. The van der Waals surface area contributed by atoms with E-state index in [4.69, 9.17) is 9.47 Å². The van der Waals surface area contributed by atoms with Crippen LogP contribution in [0.1, 0.15) is 36.1 Å². The summed E-state index contributed by atoms with van der Waals surface area (Å²) in [5.74, 6) is 11.8. The molecule has 4 atom stereocenters. The maximum atomic E-state index is 14.8. The number of aromatic nitrogens is 4. The molecule has 0 aliphatic carbocycles. The Kier molecular flexibility index (Phi) is 9.11. The van der Waals surface area contributed by atoms with Crippen LogP contribution in [0.3, 0.4) is 0 Å². The van der Waals surface area contributed by atoms with Gasteiger partial charge in [-0.1, -0.05) is 84.3 Å². The van der Waals surface area contributed by atoms with Gasteiger partial charge in [0.2, 0.25) is 0 Å². The molecule has 45 heavy (non-hydrogen) atoms. The second kappa shape index (κ2) is 13.7. The van der Waals surface area contributed by atoms with Gasteiger partial charge in [0.25, 0.3) is 0 Å². The van der Waals surface area contributed by atoms with Gasteiger partial charge in [0, 0.05) is 24.8 Å². The van der Waals surface area contributed by atoms with Gasteiger partial charge in [-0.3, -0.25) is 0 Å². The van der Waals surface area contributed by atoms with Crippen molar-refractivity contribution in [3.63, 3.8) is 0 Å². The number of amides is 2. The smallest absolute Gasteiger partial charge is 0.322 e. The predicted molar refractivity (Wildman–Crippen MR) is 168 cm³/mol. The van der Waals surface area contributed by atoms with Gasteiger partial charge >= 0.3 is 6.03 Å². The van der Waals surface area contributed by atoms with E-state index in [9.17, 15) is 4.79 Å². The van der Waals surface area contributed by atoms with Gasteiger partial charge in [-0.05, 0) is 37.8 Å². The quantitative estimate of drug-likeness (QED) is 0.308. The van der Waals surface area contributed by atoms with Crippen molar-refractivity contribution in [2.24, 2.45) is 0 Å². The molecule has 2 aromatic heterocycles. The van der Waals surface area contributed by atoms with Crippen LogP contribution in [-0.2, 0) is 22.3 Å². The molecule has 9 nitrogen and oxygen atoms in total. The molecular formula is C36H34N6O3. The van der Waals surface area contributed by atoms with Crippen molar-refractivity contribution in [2.45, 2.75) is 56.8 Å². The summed E-state index contributed by atoms with van der Waals surface area (Å²) in [7, 11) is 0. The predicted octanol–water partition coefficient (Wildman–Crippen LogP) is 4.15. The standard InChI is InChI=1S/C36H34N6O3/c1-36(2)44-33-31(19-27-11-5-3-6-12-27)41(17-9-15-29-21-37-25-38-22-29)35(43)42(18-10-16-30-23-39-26-40-24-30)32(34(33)45-36)20-28-13-7-4-8-14-28/h3-8,11-14,21-26,31-34H,17-20H2,1-2H3/t31-,32-,33+,34+/m1/s1. The van der Waals surface area contributed by atoms with Crippen LogP contribution >= 0.6 is 0 Å². The van der Waals surface area contributed by atoms with Crippen LogP contribution in [0, 0.1) is 23.7 Å². The van der Waals surface area contributed by atoms with Crippen LogP contribution in [0.5, 0.6) is 0 Å². The number of nitrogens with zero attached hydrogens (tertiary/aromatic N) is 6. The van der Waals surface area contributed by atoms with Crippen molar-refractivity contribution in [1.29, 1.82) is 0 Å². The Morgan fingerprint density at radius 3 is 1.47 bits per heavy atom. The molecule has 0 radical (unpaired) electrons. The fourth-order valence-electron chi connectivity index (χ4n) is 5.93. The first-order valence-corrected chi connectivity index (χ1v) is 15.0. The molecule has 0 spiro atoms. The summed E-state index contributed by atoms with van der Waals surface area (Å²) in [6.45, 7) is 4.21. The van der Waals surface area contributed by atoms with E-state index in [0.29, 0.717) is 24.0 Å². The van der Waals surface area contributed by atoms with Crippen LogP contribution < -0.4 is 0 Å². The van der Waals surface area contributed by atoms with Crippen LogP contribution in [0.15, 0.2) is 98.1 Å². The highest BCUT2D eigenvalue weighted by atomic mass is 16.8. The number of benzene rings is 2. The zero-order valence-electron chi connectivity index (χ0n) is 25.3. The van der Waals surface area contributed by atoms with Crippen molar-refractivity contribution in [3.8, 4) is 23.7 Å². The summed E-state index contributed by atoms with van der Waals surface area (Å²) >= 11 is 0. The molecule has 226 valence electrons. The Morgan fingerprint density at radius 1 is 0.667 bits per heavy atom. The number of rotatable bonds is 6. The van der Waals surface area contributed by atoms with E-state index < -0.39 is 18.0 Å². The molecule has 2 aromatic carbocycles. The number of fused-ring (bicyclic) bond motifs is 1. The van der Waals surface area contributed by atoms with E-state index in [1.54, 1.807) is 24.8 Å². The lowest BCUT2D eigenvalue weighted by atomic mass is 9.91. The molecule has 2 saturated heterocycles. The molecule has 0 N–H and O–H groups in total. The van der Waals surface area contributed by atoms with Crippen LogP contribution in [0.4, 0.5) is 4.79 Å². The Bertz CT molecular complexity index is 1570. The zero-order chi connectivity index (χ0) is 31.1. The normalized spacial score (nSPS) is 22.0. The summed E-state index contributed by atoms with van der Waals surface area (Å²) in [5, 5.41) is 0. The molecule has 0 saturated carbocycles. The summed E-state index contributed by atoms with van der Waals surface area (Å²) in [4.78, 5) is 34.7. The summed E-state index contributed by atoms with van der Waals surface area (Å²) in [6, 6.07) is 19.4. The number of carbonyl (C=O) groups is 1. The van der Waals surface area contributed by atoms with Crippen LogP contribution in [-0.4, -0.2) is 78.9 Å². The van der Waals surface area contributed by atoms with E-state index in [1.165, 1.54) is 12.7 Å². The molecule has 6 rings (SSSR count). The van der Waals surface area contributed by atoms with Gasteiger partial charge in [0.15, 0.2) is 5.79 Å². The van der Waals surface area contributed by atoms with Gasteiger partial charge in [-0.2, -0.15) is 0 Å². The average Bonchev–Trinajstić information content (AvgIpc) is 3.36. The molecule has 9 heteroatoms. The maximum absolute atomic E-state index is 14.8. The fourth-order valence-corrected chi connectivity index (χ4v) is 5.93. The lowest BCUT2D eigenvalue weighted by molar-refractivity contribution is -0.156. The van der Waals surface area contributed by atoms with Gasteiger partial charge in [-0.15, -0.1) is 0 Å². The summed E-state index contributed by atoms with van der Waals surface area (Å²) in [6.07, 6.45) is 9.86. The first-order chi connectivity index (χ1) is 22.0. The topological polar surface area (TPSA) is 93.6 Å².